The molecule has 3 N–H and O–H groups in total. The number of nitrogens with zero attached hydrogens (tertiary/aromatic N) is 1. The largest absolute Gasteiger partial charge is 0.379 e. The highest BCUT2D eigenvalue weighted by atomic mass is 16.5. The van der Waals surface area contributed by atoms with Crippen molar-refractivity contribution in [3.8, 4) is 0 Å². The first-order valence-electron chi connectivity index (χ1n) is 5.10. The van der Waals surface area contributed by atoms with Gasteiger partial charge in [-0.2, -0.15) is 0 Å². The summed E-state index contributed by atoms with van der Waals surface area (Å²) in [5.74, 6) is 0.572. The Labute approximate surface area is 92.2 Å². The van der Waals surface area contributed by atoms with Crippen LogP contribution < -0.4 is 16.6 Å². The van der Waals surface area contributed by atoms with Gasteiger partial charge in [-0.15, -0.1) is 5.10 Å². The summed E-state index contributed by atoms with van der Waals surface area (Å²) in [4.78, 5) is 23.9. The quantitative estimate of drug-likeness (QED) is 0.572. The van der Waals surface area contributed by atoms with E-state index >= 15 is 0 Å². The zero-order valence-electron chi connectivity index (χ0n) is 9.37. The molecule has 0 aliphatic carbocycles. The number of hydrogen-bond donors (Lipinski definition) is 3. The van der Waals surface area contributed by atoms with E-state index in [9.17, 15) is 9.59 Å². The van der Waals surface area contributed by atoms with Crippen LogP contribution in [0.4, 0.5) is 5.82 Å². The van der Waals surface area contributed by atoms with E-state index < -0.39 is 11.2 Å². The highest BCUT2D eigenvalue weighted by molar-refractivity contribution is 5.28. The van der Waals surface area contributed by atoms with Gasteiger partial charge in [0, 0.05) is 13.2 Å². The Morgan fingerprint density at radius 1 is 1.44 bits per heavy atom. The molecule has 0 fully saturated rings. The summed E-state index contributed by atoms with van der Waals surface area (Å²) in [5.41, 5.74) is -1.15. The zero-order chi connectivity index (χ0) is 12.0. The molecule has 1 rings (SSSR count). The van der Waals surface area contributed by atoms with Gasteiger partial charge in [-0.05, 0) is 5.92 Å². The van der Waals surface area contributed by atoms with Gasteiger partial charge >= 0.3 is 5.69 Å². The molecule has 0 aliphatic rings. The van der Waals surface area contributed by atoms with Gasteiger partial charge in [0.15, 0.2) is 0 Å². The predicted molar refractivity (Wildman–Crippen MR) is 59.6 cm³/mol. The van der Waals surface area contributed by atoms with E-state index in [0.717, 1.165) is 0 Å². The molecule has 0 aliphatic heterocycles. The van der Waals surface area contributed by atoms with E-state index in [4.69, 9.17) is 4.74 Å². The first-order chi connectivity index (χ1) is 7.59. The number of aromatic nitrogens is 3. The Morgan fingerprint density at radius 2 is 2.19 bits per heavy atom. The number of hydrogen-bond acceptors (Lipinski definition) is 5. The molecule has 7 heteroatoms. The van der Waals surface area contributed by atoms with Gasteiger partial charge in [0.1, 0.15) is 0 Å². The van der Waals surface area contributed by atoms with E-state index in [1.54, 1.807) is 0 Å². The Kier molecular flexibility index (Phi) is 4.71. The molecule has 0 unspecified atom stereocenters. The fourth-order valence-corrected chi connectivity index (χ4v) is 1.03. The molecule has 0 aromatic carbocycles. The lowest BCUT2D eigenvalue weighted by Crippen LogP contribution is -2.28. The van der Waals surface area contributed by atoms with Crippen molar-refractivity contribution < 1.29 is 4.74 Å². The van der Waals surface area contributed by atoms with E-state index in [2.05, 4.69) is 34.3 Å². The lowest BCUT2D eigenvalue weighted by Gasteiger charge is -2.07. The first-order valence-corrected chi connectivity index (χ1v) is 5.10. The molecule has 16 heavy (non-hydrogen) atoms. The van der Waals surface area contributed by atoms with Crippen molar-refractivity contribution in [2.75, 3.05) is 25.1 Å². The van der Waals surface area contributed by atoms with Crippen molar-refractivity contribution in [3.05, 3.63) is 20.8 Å². The molecule has 1 aromatic heterocycles. The maximum absolute atomic E-state index is 11.2. The summed E-state index contributed by atoms with van der Waals surface area (Å²) in [5, 5.41) is 8.46. The molecular formula is C9H16N4O3. The van der Waals surface area contributed by atoms with Crippen LogP contribution in [-0.2, 0) is 4.74 Å². The monoisotopic (exact) mass is 228 g/mol. The molecule has 0 bridgehead atoms. The standard InChI is InChI=1S/C9H16N4O3/c1-6(2)5-16-4-3-10-7-8(14)11-9(15)13-12-7/h6H,3-5H2,1-2H3,(H,10,12)(H2,11,13,14,15). The van der Waals surface area contributed by atoms with Gasteiger partial charge in [-0.25, -0.2) is 9.89 Å². The van der Waals surface area contributed by atoms with Crippen LogP contribution in [0.3, 0.4) is 0 Å². The average molecular weight is 228 g/mol. The average Bonchev–Trinajstić information content (AvgIpc) is 2.20. The second-order valence-corrected chi connectivity index (χ2v) is 3.75. The molecule has 90 valence electrons. The van der Waals surface area contributed by atoms with Crippen LogP contribution in [0.15, 0.2) is 9.59 Å². The minimum atomic E-state index is -0.619. The van der Waals surface area contributed by atoms with Crippen molar-refractivity contribution in [2.24, 2.45) is 5.92 Å². The van der Waals surface area contributed by atoms with Crippen LogP contribution >= 0.6 is 0 Å². The van der Waals surface area contributed by atoms with E-state index in [-0.39, 0.29) is 5.82 Å². The van der Waals surface area contributed by atoms with Crippen molar-refractivity contribution in [1.82, 2.24) is 15.2 Å². The van der Waals surface area contributed by atoms with Crippen molar-refractivity contribution in [3.63, 3.8) is 0 Å². The summed E-state index contributed by atoms with van der Waals surface area (Å²) in [6.07, 6.45) is 0. The van der Waals surface area contributed by atoms with E-state index in [1.165, 1.54) is 0 Å². The van der Waals surface area contributed by atoms with Gasteiger partial charge in [0.2, 0.25) is 5.82 Å². The lowest BCUT2D eigenvalue weighted by atomic mass is 10.2. The Bertz CT molecular complexity index is 423. The van der Waals surface area contributed by atoms with Crippen LogP contribution in [-0.4, -0.2) is 34.9 Å². The van der Waals surface area contributed by atoms with Gasteiger partial charge < -0.3 is 10.1 Å². The highest BCUT2D eigenvalue weighted by Gasteiger charge is 2.00. The number of rotatable bonds is 6. The number of nitrogens with one attached hydrogen (secondary N) is 3. The Hall–Kier alpha value is -1.63. The first kappa shape index (κ1) is 12.4. The Morgan fingerprint density at radius 3 is 2.81 bits per heavy atom. The number of aromatic amines is 2. The normalized spacial score (nSPS) is 10.7. The zero-order valence-corrected chi connectivity index (χ0v) is 9.37. The van der Waals surface area contributed by atoms with Crippen molar-refractivity contribution >= 4 is 5.82 Å². The lowest BCUT2D eigenvalue weighted by molar-refractivity contribution is 0.118. The molecule has 1 heterocycles. The fraction of sp³-hybridized carbons (Fsp3) is 0.667. The van der Waals surface area contributed by atoms with Crippen LogP contribution in [0, 0.1) is 5.92 Å². The van der Waals surface area contributed by atoms with Gasteiger partial charge in [-0.1, -0.05) is 13.8 Å². The van der Waals surface area contributed by atoms with E-state index in [0.29, 0.717) is 25.7 Å². The third kappa shape index (κ3) is 4.26. The minimum absolute atomic E-state index is 0.0905. The summed E-state index contributed by atoms with van der Waals surface area (Å²) >= 11 is 0. The van der Waals surface area contributed by atoms with Gasteiger partial charge in [0.25, 0.3) is 5.56 Å². The van der Waals surface area contributed by atoms with Crippen molar-refractivity contribution in [1.29, 1.82) is 0 Å². The maximum atomic E-state index is 11.2. The summed E-state index contributed by atoms with van der Waals surface area (Å²) in [6.45, 7) is 5.74. The van der Waals surface area contributed by atoms with Crippen molar-refractivity contribution in [2.45, 2.75) is 13.8 Å². The molecule has 7 nitrogen and oxygen atoms in total. The fourth-order valence-electron chi connectivity index (χ4n) is 1.03. The summed E-state index contributed by atoms with van der Waals surface area (Å²) < 4.78 is 5.31. The van der Waals surface area contributed by atoms with E-state index in [1.807, 2.05) is 0 Å². The van der Waals surface area contributed by atoms with Crippen LogP contribution in [0.5, 0.6) is 0 Å². The molecule has 1 aromatic rings. The topological polar surface area (TPSA) is 99.9 Å². The summed E-state index contributed by atoms with van der Waals surface area (Å²) in [7, 11) is 0. The van der Waals surface area contributed by atoms with Gasteiger partial charge in [-0.3, -0.25) is 9.78 Å². The number of H-pyrrole nitrogens is 2. The molecule has 0 saturated carbocycles. The second kappa shape index (κ2) is 6.06. The predicted octanol–water partition coefficient (Wildman–Crippen LogP) is -0.457. The van der Waals surface area contributed by atoms with Crippen LogP contribution in [0.25, 0.3) is 0 Å². The minimum Gasteiger partial charge on any atom is -0.379 e. The maximum Gasteiger partial charge on any atom is 0.342 e. The summed E-state index contributed by atoms with van der Waals surface area (Å²) in [6, 6.07) is 0. The second-order valence-electron chi connectivity index (χ2n) is 3.75. The molecule has 0 amide bonds. The molecule has 0 atom stereocenters. The molecule has 0 radical (unpaired) electrons. The molecule has 0 spiro atoms. The van der Waals surface area contributed by atoms with Crippen LogP contribution in [0.2, 0.25) is 0 Å². The van der Waals surface area contributed by atoms with Crippen LogP contribution in [0.1, 0.15) is 13.8 Å². The van der Waals surface area contributed by atoms with Gasteiger partial charge in [0.05, 0.1) is 6.61 Å². The third-order valence-corrected chi connectivity index (χ3v) is 1.70. The smallest absolute Gasteiger partial charge is 0.342 e. The molecule has 0 saturated heterocycles. The number of ether oxygens (including phenoxy) is 1. The third-order valence-electron chi connectivity index (χ3n) is 1.70. The number of anilines is 1. The highest BCUT2D eigenvalue weighted by Crippen LogP contribution is 1.92. The Balaban J connectivity index is 2.32. The molecular weight excluding hydrogens is 212 g/mol. The SMILES string of the molecule is CC(C)COCCNc1n[nH]c(=O)[nH]c1=O.